The molecule has 118 valence electrons. The fraction of sp³-hybridized carbons (Fsp3) is 0.588. The second-order valence-corrected chi connectivity index (χ2v) is 5.13. The molecule has 0 fully saturated rings. The normalized spacial score (nSPS) is 10.7. The van der Waals surface area contributed by atoms with Crippen LogP contribution in [0.5, 0.6) is 5.75 Å². The molecule has 1 amide bonds. The van der Waals surface area contributed by atoms with Crippen LogP contribution in [0, 0.1) is 0 Å². The van der Waals surface area contributed by atoms with Crippen molar-refractivity contribution in [2.24, 2.45) is 0 Å². The molecule has 1 rings (SSSR count). The van der Waals surface area contributed by atoms with Gasteiger partial charge in [-0.2, -0.15) is 0 Å². The first-order valence-corrected chi connectivity index (χ1v) is 7.69. The molecule has 4 nitrogen and oxygen atoms in total. The van der Waals surface area contributed by atoms with Crippen LogP contribution in [-0.4, -0.2) is 42.2 Å². The van der Waals surface area contributed by atoms with Crippen LogP contribution in [0.2, 0.25) is 0 Å². The number of methoxy groups -OCH3 is 1. The molecule has 0 aliphatic carbocycles. The van der Waals surface area contributed by atoms with Gasteiger partial charge in [0.1, 0.15) is 5.75 Å². The van der Waals surface area contributed by atoms with Gasteiger partial charge in [-0.1, -0.05) is 26.0 Å². The summed E-state index contributed by atoms with van der Waals surface area (Å²) in [6, 6.07) is 8.01. The number of aryl methyl sites for hydroxylation is 1. The fourth-order valence-electron chi connectivity index (χ4n) is 2.54. The number of nitrogens with zero attached hydrogens (tertiary/aromatic N) is 1. The molecule has 0 bridgehead atoms. The van der Waals surface area contributed by atoms with Crippen molar-refractivity contribution in [1.82, 2.24) is 4.90 Å². The highest BCUT2D eigenvalue weighted by molar-refractivity contribution is 5.76. The van der Waals surface area contributed by atoms with Gasteiger partial charge in [-0.05, 0) is 37.0 Å². The largest absolute Gasteiger partial charge is 0.497 e. The molecule has 0 aliphatic rings. The number of amides is 1. The van der Waals surface area contributed by atoms with E-state index >= 15 is 0 Å². The molecular weight excluding hydrogens is 266 g/mol. The Labute approximate surface area is 127 Å². The molecule has 0 radical (unpaired) electrons. The van der Waals surface area contributed by atoms with Crippen molar-refractivity contribution in [1.29, 1.82) is 0 Å². The molecule has 0 spiro atoms. The highest BCUT2D eigenvalue weighted by atomic mass is 16.5. The van der Waals surface area contributed by atoms with Gasteiger partial charge in [0.2, 0.25) is 5.91 Å². The molecule has 0 aromatic heterocycles. The summed E-state index contributed by atoms with van der Waals surface area (Å²) in [5, 5.41) is 9.16. The molecule has 0 atom stereocenters. The van der Waals surface area contributed by atoms with E-state index in [1.165, 1.54) is 0 Å². The first-order chi connectivity index (χ1) is 10.2. The topological polar surface area (TPSA) is 49.8 Å². The lowest BCUT2D eigenvalue weighted by molar-refractivity contribution is -0.134. The quantitative estimate of drug-likeness (QED) is 0.761. The van der Waals surface area contributed by atoms with E-state index in [0.717, 1.165) is 24.2 Å². The summed E-state index contributed by atoms with van der Waals surface area (Å²) in [6.45, 7) is 4.60. The van der Waals surface area contributed by atoms with E-state index in [2.05, 4.69) is 13.8 Å². The van der Waals surface area contributed by atoms with Gasteiger partial charge in [0.15, 0.2) is 0 Å². The van der Waals surface area contributed by atoms with Gasteiger partial charge >= 0.3 is 0 Å². The van der Waals surface area contributed by atoms with Gasteiger partial charge in [-0.3, -0.25) is 4.79 Å². The molecule has 1 N–H and O–H groups in total. The van der Waals surface area contributed by atoms with Gasteiger partial charge in [0, 0.05) is 19.0 Å². The smallest absolute Gasteiger partial charge is 0.223 e. The Bertz CT molecular complexity index is 413. The lowest BCUT2D eigenvalue weighted by atomic mass is 10.1. The van der Waals surface area contributed by atoms with Crippen LogP contribution >= 0.6 is 0 Å². The van der Waals surface area contributed by atoms with Gasteiger partial charge < -0.3 is 14.7 Å². The maximum absolute atomic E-state index is 12.4. The first-order valence-electron chi connectivity index (χ1n) is 7.69. The number of hydrogen-bond donors (Lipinski definition) is 1. The Kier molecular flexibility index (Phi) is 7.83. The number of hydrogen-bond acceptors (Lipinski definition) is 3. The fourth-order valence-corrected chi connectivity index (χ4v) is 2.54. The molecule has 0 unspecified atom stereocenters. The third-order valence-corrected chi connectivity index (χ3v) is 3.83. The molecule has 1 aromatic rings. The minimum atomic E-state index is 0.0186. The lowest BCUT2D eigenvalue weighted by Gasteiger charge is -2.30. The number of ether oxygens (including phenoxy) is 1. The lowest BCUT2D eigenvalue weighted by Crippen LogP contribution is -2.41. The molecule has 21 heavy (non-hydrogen) atoms. The van der Waals surface area contributed by atoms with Crippen LogP contribution in [0.25, 0.3) is 0 Å². The van der Waals surface area contributed by atoms with Crippen molar-refractivity contribution < 1.29 is 14.6 Å². The molecule has 0 heterocycles. The first kappa shape index (κ1) is 17.5. The van der Waals surface area contributed by atoms with E-state index in [1.807, 2.05) is 29.2 Å². The van der Waals surface area contributed by atoms with Crippen LogP contribution in [0.4, 0.5) is 0 Å². The molecule has 0 saturated carbocycles. The monoisotopic (exact) mass is 293 g/mol. The molecule has 4 heteroatoms. The average Bonchev–Trinajstić information content (AvgIpc) is 2.53. The Morgan fingerprint density at radius 3 is 2.33 bits per heavy atom. The number of aliphatic hydroxyl groups is 1. The molecule has 1 aromatic carbocycles. The van der Waals surface area contributed by atoms with E-state index in [1.54, 1.807) is 7.11 Å². The third-order valence-electron chi connectivity index (χ3n) is 3.83. The summed E-state index contributed by atoms with van der Waals surface area (Å²) in [4.78, 5) is 14.2. The third kappa shape index (κ3) is 5.38. The Morgan fingerprint density at radius 2 is 1.86 bits per heavy atom. The maximum Gasteiger partial charge on any atom is 0.223 e. The van der Waals surface area contributed by atoms with E-state index in [0.29, 0.717) is 19.4 Å². The highest BCUT2D eigenvalue weighted by Crippen LogP contribution is 2.15. The van der Waals surface area contributed by atoms with Crippen LogP contribution in [-0.2, 0) is 11.2 Å². The zero-order chi connectivity index (χ0) is 15.7. The Morgan fingerprint density at radius 1 is 1.24 bits per heavy atom. The van der Waals surface area contributed by atoms with Crippen molar-refractivity contribution in [3.05, 3.63) is 29.8 Å². The van der Waals surface area contributed by atoms with Crippen LogP contribution in [0.3, 0.4) is 0 Å². The van der Waals surface area contributed by atoms with Crippen LogP contribution in [0.15, 0.2) is 24.3 Å². The van der Waals surface area contributed by atoms with E-state index < -0.39 is 0 Å². The van der Waals surface area contributed by atoms with Crippen LogP contribution in [0.1, 0.15) is 38.7 Å². The van der Waals surface area contributed by atoms with E-state index in [9.17, 15) is 4.79 Å². The van der Waals surface area contributed by atoms with Crippen LogP contribution < -0.4 is 4.74 Å². The van der Waals surface area contributed by atoms with Crippen molar-refractivity contribution in [3.63, 3.8) is 0 Å². The second kappa shape index (κ2) is 9.40. The predicted octanol–water partition coefficient (Wildman–Crippen LogP) is 2.64. The summed E-state index contributed by atoms with van der Waals surface area (Å²) in [5.41, 5.74) is 1.12. The summed E-state index contributed by atoms with van der Waals surface area (Å²) in [5.74, 6) is 0.942. The molecule has 0 saturated heterocycles. The number of benzene rings is 1. The van der Waals surface area contributed by atoms with Gasteiger partial charge in [0.25, 0.3) is 0 Å². The molecule has 0 aliphatic heterocycles. The Balaban J connectivity index is 2.59. The highest BCUT2D eigenvalue weighted by Gasteiger charge is 2.20. The zero-order valence-corrected chi connectivity index (χ0v) is 13.3. The summed E-state index contributed by atoms with van der Waals surface area (Å²) >= 11 is 0. The second-order valence-electron chi connectivity index (χ2n) is 5.13. The van der Waals surface area contributed by atoms with Crippen molar-refractivity contribution in [3.8, 4) is 5.75 Å². The minimum Gasteiger partial charge on any atom is -0.497 e. The van der Waals surface area contributed by atoms with Gasteiger partial charge in [0.05, 0.1) is 13.7 Å². The standard InChI is InChI=1S/C17H27NO3/c1-4-15(5-2)18(12-13-19)17(20)11-8-14-6-9-16(21-3)10-7-14/h6-7,9-10,15,19H,4-5,8,11-13H2,1-3H3. The van der Waals surface area contributed by atoms with Gasteiger partial charge in [-0.15, -0.1) is 0 Å². The minimum absolute atomic E-state index is 0.0186. The van der Waals surface area contributed by atoms with Crippen molar-refractivity contribution in [2.45, 2.75) is 45.6 Å². The number of rotatable bonds is 9. The summed E-state index contributed by atoms with van der Waals surface area (Å²) in [6.07, 6.45) is 3.03. The summed E-state index contributed by atoms with van der Waals surface area (Å²) in [7, 11) is 1.64. The SMILES string of the molecule is CCC(CC)N(CCO)C(=O)CCc1ccc(OC)cc1. The van der Waals surface area contributed by atoms with Crippen molar-refractivity contribution in [2.75, 3.05) is 20.3 Å². The van der Waals surface area contributed by atoms with E-state index in [4.69, 9.17) is 9.84 Å². The van der Waals surface area contributed by atoms with Crippen molar-refractivity contribution >= 4 is 5.91 Å². The predicted molar refractivity (Wildman–Crippen MR) is 84.5 cm³/mol. The van der Waals surface area contributed by atoms with E-state index in [-0.39, 0.29) is 18.6 Å². The van der Waals surface area contributed by atoms with Gasteiger partial charge in [-0.25, -0.2) is 0 Å². The average molecular weight is 293 g/mol. The summed E-state index contributed by atoms with van der Waals surface area (Å²) < 4.78 is 5.12. The molecular formula is C17H27NO3. The number of carbonyl (C=O) groups excluding carboxylic acids is 1. The Hall–Kier alpha value is -1.55. The number of carbonyl (C=O) groups is 1. The maximum atomic E-state index is 12.4. The zero-order valence-electron chi connectivity index (χ0n) is 13.3. The number of aliphatic hydroxyl groups excluding tert-OH is 1.